The molecule has 1 N–H and O–H groups in total. The highest BCUT2D eigenvalue weighted by Gasteiger charge is 2.10. The first kappa shape index (κ1) is 13.1. The van der Waals surface area contributed by atoms with Crippen LogP contribution >= 0.6 is 7.75 Å². The summed E-state index contributed by atoms with van der Waals surface area (Å²) in [4.78, 5) is 40.3. The molecule has 0 rings (SSSR count). The first-order valence-electron chi connectivity index (χ1n) is 3.43. The number of carbonyl (C=O) groups excluding carboxylic acids is 2. The van der Waals surface area contributed by atoms with Crippen molar-refractivity contribution in [2.75, 3.05) is 0 Å². The Kier molecular flexibility index (Phi) is 4.72. The Bertz CT molecular complexity index is 271. The van der Waals surface area contributed by atoms with Gasteiger partial charge in [0, 0.05) is 5.97 Å². The number of carboxylic acid groups (broad SMARTS) is 2. The minimum Gasteiger partial charge on any atom is -0.799 e. The second-order valence-electron chi connectivity index (χ2n) is 2.41. The maximum absolute atomic E-state index is 10.2. The van der Waals surface area contributed by atoms with Gasteiger partial charge in [-0.1, -0.05) is 0 Å². The summed E-state index contributed by atoms with van der Waals surface area (Å²) in [5.74, 6) is -3.41. The van der Waals surface area contributed by atoms with E-state index in [2.05, 4.69) is 0 Å². The van der Waals surface area contributed by atoms with Gasteiger partial charge >= 0.3 is 0 Å². The lowest BCUT2D eigenvalue weighted by Crippen LogP contribution is -2.48. The molecule has 0 aromatic rings. The standard InChI is InChI=1S/C5H10NO7P/c7-4(8)2-1-3(5(9)10)6-14(11,12)13/h3H,1-2H2,(H,7,8)(H,9,10)(H3,6,11,12,13)/p-4/t3-/m0/s1. The molecule has 0 bridgehead atoms. The predicted octanol–water partition coefficient (Wildman–Crippen LogP) is -4.95. The third-order valence-corrected chi connectivity index (χ3v) is 1.86. The van der Waals surface area contributed by atoms with Gasteiger partial charge in [-0.05, 0) is 20.6 Å². The third-order valence-electron chi connectivity index (χ3n) is 1.24. The fraction of sp³-hybridized carbons (Fsp3) is 0.600. The van der Waals surface area contributed by atoms with Crippen LogP contribution in [0.2, 0.25) is 0 Å². The zero-order valence-electron chi connectivity index (χ0n) is 6.80. The van der Waals surface area contributed by atoms with Crippen LogP contribution in [0.3, 0.4) is 0 Å². The van der Waals surface area contributed by atoms with E-state index in [1.165, 1.54) is 5.09 Å². The maximum Gasteiger partial charge on any atom is 0.0587 e. The molecule has 0 saturated carbocycles. The summed E-state index contributed by atoms with van der Waals surface area (Å²) >= 11 is 0. The summed E-state index contributed by atoms with van der Waals surface area (Å²) in [5, 5.41) is 21.3. The van der Waals surface area contributed by atoms with E-state index < -0.39 is 38.6 Å². The molecule has 0 saturated heterocycles. The lowest BCUT2D eigenvalue weighted by molar-refractivity contribution is -0.325. The number of carboxylic acids is 2. The van der Waals surface area contributed by atoms with Crippen LogP contribution in [0.15, 0.2) is 0 Å². The van der Waals surface area contributed by atoms with Gasteiger partial charge in [0.25, 0.3) is 0 Å². The van der Waals surface area contributed by atoms with Crippen LogP contribution in [0.25, 0.3) is 0 Å². The molecule has 0 unspecified atom stereocenters. The van der Waals surface area contributed by atoms with Gasteiger partial charge in [-0.2, -0.15) is 0 Å². The van der Waals surface area contributed by atoms with Crippen LogP contribution in [-0.4, -0.2) is 18.0 Å². The van der Waals surface area contributed by atoms with Crippen LogP contribution in [0.1, 0.15) is 12.8 Å². The van der Waals surface area contributed by atoms with E-state index in [-0.39, 0.29) is 0 Å². The van der Waals surface area contributed by atoms with E-state index in [1.807, 2.05) is 0 Å². The molecule has 9 heteroatoms. The molecule has 0 aliphatic rings. The molecule has 0 amide bonds. The van der Waals surface area contributed by atoms with Crippen LogP contribution < -0.4 is 25.1 Å². The van der Waals surface area contributed by atoms with Crippen LogP contribution in [0.5, 0.6) is 0 Å². The first-order chi connectivity index (χ1) is 6.22. The second-order valence-corrected chi connectivity index (χ2v) is 3.66. The fourth-order valence-electron chi connectivity index (χ4n) is 0.688. The Morgan fingerprint density at radius 1 is 1.29 bits per heavy atom. The summed E-state index contributed by atoms with van der Waals surface area (Å²) in [6, 6.07) is -1.84. The zero-order chi connectivity index (χ0) is 11.4. The second kappa shape index (κ2) is 5.06. The summed E-state index contributed by atoms with van der Waals surface area (Å²) in [7, 11) is -5.22. The third kappa shape index (κ3) is 6.55. The predicted molar refractivity (Wildman–Crippen MR) is 33.8 cm³/mol. The molecule has 82 valence electrons. The lowest BCUT2D eigenvalue weighted by Gasteiger charge is -2.35. The van der Waals surface area contributed by atoms with Gasteiger partial charge in [0.15, 0.2) is 0 Å². The summed E-state index contributed by atoms with van der Waals surface area (Å²) in [6.45, 7) is 0. The molecule has 0 spiro atoms. The molecule has 1 atom stereocenters. The molecule has 0 fully saturated rings. The number of carbonyl (C=O) groups is 2. The number of nitrogens with one attached hydrogen (secondary N) is 1. The number of aliphatic carboxylic acids is 2. The minimum absolute atomic E-state index is 0.598. The molecular formula is C5H6NO7P-4. The van der Waals surface area contributed by atoms with E-state index in [1.54, 1.807) is 0 Å². The van der Waals surface area contributed by atoms with E-state index in [0.29, 0.717) is 0 Å². The van der Waals surface area contributed by atoms with Crippen LogP contribution in [-0.2, 0) is 14.2 Å². The van der Waals surface area contributed by atoms with Crippen molar-refractivity contribution in [3.63, 3.8) is 0 Å². The lowest BCUT2D eigenvalue weighted by atomic mass is 10.2. The van der Waals surface area contributed by atoms with Crippen molar-refractivity contribution < 1.29 is 34.2 Å². The van der Waals surface area contributed by atoms with Gasteiger partial charge < -0.3 is 34.2 Å². The molecule has 14 heavy (non-hydrogen) atoms. The zero-order valence-corrected chi connectivity index (χ0v) is 7.69. The Morgan fingerprint density at radius 2 is 1.79 bits per heavy atom. The molecule has 0 aromatic heterocycles. The monoisotopic (exact) mass is 223 g/mol. The Balaban J connectivity index is 4.24. The van der Waals surface area contributed by atoms with Gasteiger partial charge in [0.05, 0.1) is 12.0 Å². The highest BCUT2D eigenvalue weighted by Crippen LogP contribution is 2.18. The van der Waals surface area contributed by atoms with Crippen LogP contribution in [0, 0.1) is 0 Å². The van der Waals surface area contributed by atoms with E-state index >= 15 is 0 Å². The molecule has 0 aliphatic carbocycles. The SMILES string of the molecule is O=C([O-])CC[C@H](NP(=O)([O-])[O-])C(=O)[O-]. The summed E-state index contributed by atoms with van der Waals surface area (Å²) in [6.07, 6.45) is -1.29. The Labute approximate surface area is 78.8 Å². The van der Waals surface area contributed by atoms with Gasteiger partial charge in [0.2, 0.25) is 0 Å². The highest BCUT2D eigenvalue weighted by molar-refractivity contribution is 7.46. The Hall–Kier alpha value is -0.950. The number of hydrogen-bond acceptors (Lipinski definition) is 7. The molecule has 0 aliphatic heterocycles. The summed E-state index contributed by atoms with van der Waals surface area (Å²) in [5.41, 5.74) is 0. The van der Waals surface area contributed by atoms with E-state index in [0.717, 1.165) is 0 Å². The number of hydrogen-bond donors (Lipinski definition) is 1. The molecule has 8 nitrogen and oxygen atoms in total. The minimum atomic E-state index is -5.22. The van der Waals surface area contributed by atoms with Gasteiger partial charge in [0.1, 0.15) is 0 Å². The van der Waals surface area contributed by atoms with Crippen molar-refractivity contribution in [1.82, 2.24) is 5.09 Å². The van der Waals surface area contributed by atoms with Crippen molar-refractivity contribution in [2.45, 2.75) is 18.9 Å². The molecule has 0 heterocycles. The normalized spacial score (nSPS) is 13.6. The van der Waals surface area contributed by atoms with Gasteiger partial charge in [-0.25, -0.2) is 0 Å². The van der Waals surface area contributed by atoms with E-state index in [9.17, 15) is 34.2 Å². The van der Waals surface area contributed by atoms with Crippen molar-refractivity contribution in [1.29, 1.82) is 0 Å². The molecule has 0 aromatic carbocycles. The molecule has 0 radical (unpaired) electrons. The largest absolute Gasteiger partial charge is 0.799 e. The van der Waals surface area contributed by atoms with Crippen molar-refractivity contribution in [2.24, 2.45) is 0 Å². The smallest absolute Gasteiger partial charge is 0.0587 e. The van der Waals surface area contributed by atoms with Crippen molar-refractivity contribution >= 4 is 19.7 Å². The summed E-state index contributed by atoms with van der Waals surface area (Å²) < 4.78 is 10.1. The topological polar surface area (TPSA) is 155 Å². The van der Waals surface area contributed by atoms with Crippen molar-refractivity contribution in [3.8, 4) is 0 Å². The molecular weight excluding hydrogens is 217 g/mol. The first-order valence-corrected chi connectivity index (χ1v) is 4.97. The van der Waals surface area contributed by atoms with Crippen molar-refractivity contribution in [3.05, 3.63) is 0 Å². The van der Waals surface area contributed by atoms with Gasteiger partial charge in [-0.3, -0.25) is 5.09 Å². The average molecular weight is 223 g/mol. The fourth-order valence-corrected chi connectivity index (χ4v) is 1.30. The quantitative estimate of drug-likeness (QED) is 0.439. The highest BCUT2D eigenvalue weighted by atomic mass is 31.2. The number of rotatable bonds is 6. The van der Waals surface area contributed by atoms with Crippen LogP contribution in [0.4, 0.5) is 0 Å². The average Bonchev–Trinajstić information content (AvgIpc) is 1.94. The maximum atomic E-state index is 10.2. The van der Waals surface area contributed by atoms with E-state index in [4.69, 9.17) is 0 Å². The van der Waals surface area contributed by atoms with Gasteiger partial charge in [-0.15, -0.1) is 0 Å². The Morgan fingerprint density at radius 3 is 2.07 bits per heavy atom.